The van der Waals surface area contributed by atoms with E-state index < -0.39 is 0 Å². The van der Waals surface area contributed by atoms with Gasteiger partial charge in [0.1, 0.15) is 11.3 Å². The maximum Gasteiger partial charge on any atom is 0.257 e. The molecule has 1 fully saturated rings. The minimum atomic E-state index is -0.0157. The standard InChI is InChI=1S/C20H21N3O3S/c1-12-11-16-15(5-4-6-17(16)26-12)19(24)22-7-9-23(10-8-22)20(25)18-13(2)21-27-14(18)3/h4-6,11H,7-10H2,1-3H3. The number of piperazine rings is 1. The zero-order chi connectivity index (χ0) is 19.1. The van der Waals surface area contributed by atoms with Gasteiger partial charge >= 0.3 is 0 Å². The molecule has 0 atom stereocenters. The number of nitrogens with zero attached hydrogens (tertiary/aromatic N) is 3. The lowest BCUT2D eigenvalue weighted by molar-refractivity contribution is 0.0536. The van der Waals surface area contributed by atoms with E-state index in [1.54, 1.807) is 0 Å². The third-order valence-electron chi connectivity index (χ3n) is 5.02. The molecule has 0 N–H and O–H groups in total. The van der Waals surface area contributed by atoms with Gasteiger partial charge in [0, 0.05) is 36.4 Å². The van der Waals surface area contributed by atoms with Crippen molar-refractivity contribution in [3.63, 3.8) is 0 Å². The van der Waals surface area contributed by atoms with Crippen LogP contribution in [0.1, 0.15) is 37.0 Å². The Morgan fingerprint density at radius 2 is 1.70 bits per heavy atom. The van der Waals surface area contributed by atoms with E-state index in [0.29, 0.717) is 37.3 Å². The molecule has 0 spiro atoms. The molecule has 0 bridgehead atoms. The van der Waals surface area contributed by atoms with Gasteiger partial charge in [-0.1, -0.05) is 6.07 Å². The predicted molar refractivity (Wildman–Crippen MR) is 104 cm³/mol. The maximum atomic E-state index is 13.0. The number of carbonyl (C=O) groups is 2. The molecule has 1 saturated heterocycles. The Balaban J connectivity index is 1.49. The number of benzene rings is 1. The lowest BCUT2D eigenvalue weighted by atomic mass is 10.1. The number of amides is 2. The van der Waals surface area contributed by atoms with Crippen molar-refractivity contribution in [1.82, 2.24) is 14.2 Å². The highest BCUT2D eigenvalue weighted by atomic mass is 32.1. The van der Waals surface area contributed by atoms with Crippen LogP contribution in [-0.4, -0.2) is 52.2 Å². The number of aromatic nitrogens is 1. The van der Waals surface area contributed by atoms with Crippen molar-refractivity contribution in [1.29, 1.82) is 0 Å². The molecule has 1 aromatic carbocycles. The smallest absolute Gasteiger partial charge is 0.257 e. The summed E-state index contributed by atoms with van der Waals surface area (Å²) in [5, 5.41) is 0.842. The van der Waals surface area contributed by atoms with E-state index in [0.717, 1.165) is 27.3 Å². The molecular formula is C20H21N3O3S. The molecule has 2 amide bonds. The number of furan rings is 1. The fourth-order valence-corrected chi connectivity index (χ4v) is 4.30. The second-order valence-corrected chi connectivity index (χ2v) is 7.84. The summed E-state index contributed by atoms with van der Waals surface area (Å²) >= 11 is 1.36. The molecule has 0 saturated carbocycles. The van der Waals surface area contributed by atoms with Crippen LogP contribution in [0.4, 0.5) is 0 Å². The monoisotopic (exact) mass is 383 g/mol. The number of rotatable bonds is 2. The van der Waals surface area contributed by atoms with Gasteiger partial charge in [0.15, 0.2) is 0 Å². The van der Waals surface area contributed by atoms with Crippen molar-refractivity contribution < 1.29 is 14.0 Å². The van der Waals surface area contributed by atoms with Crippen molar-refractivity contribution in [2.75, 3.05) is 26.2 Å². The third-order valence-corrected chi connectivity index (χ3v) is 5.86. The number of hydrogen-bond donors (Lipinski definition) is 0. The second-order valence-electron chi connectivity index (χ2n) is 6.86. The summed E-state index contributed by atoms with van der Waals surface area (Å²) in [7, 11) is 0. The summed E-state index contributed by atoms with van der Waals surface area (Å²) in [6.45, 7) is 7.76. The normalized spacial score (nSPS) is 14.8. The van der Waals surface area contributed by atoms with Crippen LogP contribution >= 0.6 is 11.5 Å². The molecule has 0 aliphatic carbocycles. The van der Waals surface area contributed by atoms with Gasteiger partial charge in [-0.25, -0.2) is 0 Å². The van der Waals surface area contributed by atoms with Crippen LogP contribution in [-0.2, 0) is 0 Å². The highest BCUT2D eigenvalue weighted by molar-refractivity contribution is 7.06. The highest BCUT2D eigenvalue weighted by Crippen LogP contribution is 2.25. The quantitative estimate of drug-likeness (QED) is 0.680. The van der Waals surface area contributed by atoms with Crippen molar-refractivity contribution in [2.45, 2.75) is 20.8 Å². The predicted octanol–water partition coefficient (Wildman–Crippen LogP) is 3.41. The number of fused-ring (bicyclic) bond motifs is 1. The molecule has 4 rings (SSSR count). The van der Waals surface area contributed by atoms with E-state index in [2.05, 4.69) is 4.37 Å². The fourth-order valence-electron chi connectivity index (χ4n) is 3.60. The minimum absolute atomic E-state index is 0.0124. The molecule has 2 aromatic heterocycles. The van der Waals surface area contributed by atoms with Gasteiger partial charge < -0.3 is 14.2 Å². The lowest BCUT2D eigenvalue weighted by Gasteiger charge is -2.35. The molecule has 1 aliphatic heterocycles. The van der Waals surface area contributed by atoms with E-state index in [9.17, 15) is 9.59 Å². The molecule has 6 nitrogen and oxygen atoms in total. The van der Waals surface area contributed by atoms with Crippen LogP contribution in [0.2, 0.25) is 0 Å². The van der Waals surface area contributed by atoms with Gasteiger partial charge in [0.05, 0.1) is 16.8 Å². The van der Waals surface area contributed by atoms with Crippen molar-refractivity contribution >= 4 is 34.3 Å². The molecule has 140 valence electrons. The first-order valence-corrected chi connectivity index (χ1v) is 9.73. The highest BCUT2D eigenvalue weighted by Gasteiger charge is 2.28. The van der Waals surface area contributed by atoms with Gasteiger partial charge in [-0.05, 0) is 50.5 Å². The molecule has 0 radical (unpaired) electrons. The SMILES string of the molecule is Cc1cc2c(C(=O)N3CCN(C(=O)c4c(C)nsc4C)CC3)cccc2o1. The molecular weight excluding hydrogens is 362 g/mol. The van der Waals surface area contributed by atoms with Crippen LogP contribution in [0.5, 0.6) is 0 Å². The first-order chi connectivity index (χ1) is 13.0. The summed E-state index contributed by atoms with van der Waals surface area (Å²) in [6, 6.07) is 7.45. The first kappa shape index (κ1) is 17.7. The Hall–Kier alpha value is -2.67. The zero-order valence-corrected chi connectivity index (χ0v) is 16.4. The Kier molecular flexibility index (Phi) is 4.47. The summed E-state index contributed by atoms with van der Waals surface area (Å²) in [4.78, 5) is 30.4. The number of carbonyl (C=O) groups excluding carboxylic acids is 2. The van der Waals surface area contributed by atoms with Gasteiger partial charge in [-0.3, -0.25) is 9.59 Å². The topological polar surface area (TPSA) is 66.7 Å². The summed E-state index contributed by atoms with van der Waals surface area (Å²) in [5.41, 5.74) is 2.86. The molecule has 3 aromatic rings. The first-order valence-electron chi connectivity index (χ1n) is 8.96. The van der Waals surface area contributed by atoms with Crippen molar-refractivity contribution in [3.05, 3.63) is 51.7 Å². The largest absolute Gasteiger partial charge is 0.461 e. The average molecular weight is 383 g/mol. The van der Waals surface area contributed by atoms with E-state index in [1.165, 1.54) is 11.5 Å². The van der Waals surface area contributed by atoms with Crippen molar-refractivity contribution in [2.24, 2.45) is 0 Å². The van der Waals surface area contributed by atoms with Crippen LogP contribution in [0.25, 0.3) is 11.0 Å². The average Bonchev–Trinajstić information content (AvgIpc) is 3.21. The Labute approximate surface area is 161 Å². The maximum absolute atomic E-state index is 13.0. The van der Waals surface area contributed by atoms with E-state index in [4.69, 9.17) is 4.42 Å². The van der Waals surface area contributed by atoms with Crippen LogP contribution in [0.3, 0.4) is 0 Å². The molecule has 1 aliphatic rings. The van der Waals surface area contributed by atoms with Crippen molar-refractivity contribution in [3.8, 4) is 0 Å². The summed E-state index contributed by atoms with van der Waals surface area (Å²) in [6.07, 6.45) is 0. The van der Waals surface area contributed by atoms with Crippen LogP contribution in [0.15, 0.2) is 28.7 Å². The molecule has 27 heavy (non-hydrogen) atoms. The van der Waals surface area contributed by atoms with Crippen LogP contribution < -0.4 is 0 Å². The van der Waals surface area contributed by atoms with E-state index in [-0.39, 0.29) is 11.8 Å². The Bertz CT molecular complexity index is 1010. The Morgan fingerprint density at radius 1 is 1.04 bits per heavy atom. The minimum Gasteiger partial charge on any atom is -0.461 e. The fraction of sp³-hybridized carbons (Fsp3) is 0.350. The second kappa shape index (κ2) is 6.81. The Morgan fingerprint density at radius 3 is 2.33 bits per heavy atom. The zero-order valence-electron chi connectivity index (χ0n) is 15.6. The van der Waals surface area contributed by atoms with Gasteiger partial charge in [0.25, 0.3) is 11.8 Å². The van der Waals surface area contributed by atoms with E-state index in [1.807, 2.05) is 54.8 Å². The number of hydrogen-bond acceptors (Lipinski definition) is 5. The van der Waals surface area contributed by atoms with Crippen LogP contribution in [0, 0.1) is 20.8 Å². The lowest BCUT2D eigenvalue weighted by Crippen LogP contribution is -2.50. The molecule has 3 heterocycles. The summed E-state index contributed by atoms with van der Waals surface area (Å²) in [5.74, 6) is 0.784. The number of aryl methyl sites for hydroxylation is 3. The van der Waals surface area contributed by atoms with E-state index >= 15 is 0 Å². The van der Waals surface area contributed by atoms with Gasteiger partial charge in [0.2, 0.25) is 0 Å². The third kappa shape index (κ3) is 3.12. The van der Waals surface area contributed by atoms with Gasteiger partial charge in [-0.2, -0.15) is 4.37 Å². The summed E-state index contributed by atoms with van der Waals surface area (Å²) < 4.78 is 9.90. The van der Waals surface area contributed by atoms with Gasteiger partial charge in [-0.15, -0.1) is 0 Å². The molecule has 7 heteroatoms. The molecule has 0 unspecified atom stereocenters.